The van der Waals surface area contributed by atoms with Gasteiger partial charge in [0, 0.05) is 31.4 Å². The van der Waals surface area contributed by atoms with Crippen molar-refractivity contribution in [2.24, 2.45) is 0 Å². The molecule has 4 aromatic rings. The highest BCUT2D eigenvalue weighted by atomic mass is 32.2. The molecular formula is C29H31F3N8O4S. The molecule has 2 fully saturated rings. The molecule has 12 nitrogen and oxygen atoms in total. The van der Waals surface area contributed by atoms with Gasteiger partial charge >= 0.3 is 0 Å². The number of benzene rings is 1. The quantitative estimate of drug-likeness (QED) is 0.264. The first kappa shape index (κ1) is 27.1. The predicted molar refractivity (Wildman–Crippen MR) is 159 cm³/mol. The number of hydrogen-bond donors (Lipinski definition) is 2. The number of rotatable bonds is 10. The molecule has 45 heavy (non-hydrogen) atoms. The van der Waals surface area contributed by atoms with Crippen LogP contribution in [0.25, 0.3) is 16.8 Å². The molecule has 2 atom stereocenters. The normalized spacial score (nSPS) is 21.5. The number of methoxy groups -OCH3 is 1. The largest absolute Gasteiger partial charge is 0.480 e. The first-order valence-electron chi connectivity index (χ1n) is 15.5. The van der Waals surface area contributed by atoms with Crippen molar-refractivity contribution in [1.82, 2.24) is 34.1 Å². The van der Waals surface area contributed by atoms with Gasteiger partial charge in [-0.15, -0.1) is 0 Å². The maximum absolute atomic E-state index is 15.2. The summed E-state index contributed by atoms with van der Waals surface area (Å²) in [4.78, 5) is 23.2. The molecule has 2 aliphatic rings. The molecule has 1 aromatic carbocycles. The first-order valence-corrected chi connectivity index (χ1v) is 15.6. The van der Waals surface area contributed by atoms with E-state index in [-0.39, 0.29) is 42.2 Å². The maximum atomic E-state index is 15.2. The predicted octanol–water partition coefficient (Wildman–Crippen LogP) is 2.16. The third kappa shape index (κ3) is 6.30. The Bertz CT molecular complexity index is 1940. The summed E-state index contributed by atoms with van der Waals surface area (Å²) in [6.45, 7) is -1.60. The lowest BCUT2D eigenvalue weighted by Crippen LogP contribution is -2.55. The van der Waals surface area contributed by atoms with E-state index in [1.54, 1.807) is 30.3 Å². The second-order valence-electron chi connectivity index (χ2n) is 11.1. The topological polar surface area (TPSA) is 148 Å². The molecular weight excluding hydrogens is 613 g/mol. The van der Waals surface area contributed by atoms with Gasteiger partial charge in [0.25, 0.3) is 11.8 Å². The lowest BCUT2D eigenvalue weighted by molar-refractivity contribution is -0.133. The number of aryl methyl sites for hydroxylation is 1. The third-order valence-electron chi connectivity index (χ3n) is 7.87. The van der Waals surface area contributed by atoms with Crippen LogP contribution in [0.2, 0.25) is 0 Å². The van der Waals surface area contributed by atoms with Gasteiger partial charge in [-0.25, -0.2) is 36.1 Å². The Morgan fingerprint density at radius 1 is 1.20 bits per heavy atom. The number of nitrogens with one attached hydrogen (secondary N) is 1. The number of ether oxygens (including phenoxy) is 1. The van der Waals surface area contributed by atoms with Crippen molar-refractivity contribution in [1.29, 1.82) is 0 Å². The van der Waals surface area contributed by atoms with Crippen LogP contribution in [0, 0.1) is 0 Å². The Balaban J connectivity index is 1.26. The summed E-state index contributed by atoms with van der Waals surface area (Å²) in [6.07, 6.45) is 0.879. The van der Waals surface area contributed by atoms with Crippen LogP contribution in [0.3, 0.4) is 0 Å². The van der Waals surface area contributed by atoms with Crippen molar-refractivity contribution >= 4 is 27.3 Å². The number of nitrogen functional groups attached to an aromatic ring is 1. The van der Waals surface area contributed by atoms with Crippen molar-refractivity contribution in [3.05, 3.63) is 71.7 Å². The van der Waals surface area contributed by atoms with Crippen molar-refractivity contribution in [2.75, 3.05) is 44.7 Å². The molecule has 0 radical (unpaired) electrons. The Hall–Kier alpha value is -4.28. The van der Waals surface area contributed by atoms with E-state index in [0.717, 1.165) is 9.87 Å². The fourth-order valence-corrected chi connectivity index (χ4v) is 7.14. The standard InChI is InChI=1S/C29H31F3N8O4S/c1-44-28-21(27(41)37-23-14-39(13-22(23)30)45(42,43)8-7-18-5-3-2-4-6-18)9-19(11-34-28)24-10-20(12-38-15-29(31,32)16-38)25-26(33)35-17-36-40(24)25/h2-6,9-11,17,22-23H,7-8,12-16H2,1H3,(H,37,41)(H2,33,35,36)/t22-,23+/m0/s1/i1D3. The number of likely N-dealkylation sites (tertiary alicyclic amines) is 1. The fourth-order valence-electron chi connectivity index (χ4n) is 5.63. The average Bonchev–Trinajstić information content (AvgIpc) is 3.56. The summed E-state index contributed by atoms with van der Waals surface area (Å²) < 4.78 is 98.3. The number of nitrogens with two attached hydrogens (primary N) is 1. The molecule has 5 heterocycles. The second-order valence-corrected chi connectivity index (χ2v) is 13.2. The lowest BCUT2D eigenvalue weighted by Gasteiger charge is -2.38. The molecule has 3 N–H and O–H groups in total. The van der Waals surface area contributed by atoms with E-state index in [1.165, 1.54) is 28.0 Å². The zero-order valence-electron chi connectivity index (χ0n) is 26.7. The van der Waals surface area contributed by atoms with Crippen LogP contribution < -0.4 is 15.8 Å². The molecule has 238 valence electrons. The minimum Gasteiger partial charge on any atom is -0.480 e. The summed E-state index contributed by atoms with van der Waals surface area (Å²) in [7, 11) is -6.87. The summed E-state index contributed by atoms with van der Waals surface area (Å²) in [5.74, 6) is -4.51. The minimum atomic E-state index is -3.87. The second kappa shape index (κ2) is 11.9. The van der Waals surface area contributed by atoms with E-state index >= 15 is 4.39 Å². The van der Waals surface area contributed by atoms with Gasteiger partial charge in [-0.05, 0) is 29.7 Å². The van der Waals surface area contributed by atoms with Crippen LogP contribution in [0.5, 0.6) is 5.88 Å². The summed E-state index contributed by atoms with van der Waals surface area (Å²) >= 11 is 0. The van der Waals surface area contributed by atoms with E-state index in [2.05, 4.69) is 20.4 Å². The maximum Gasteiger partial charge on any atom is 0.272 e. The highest BCUT2D eigenvalue weighted by molar-refractivity contribution is 7.89. The van der Waals surface area contributed by atoms with Crippen molar-refractivity contribution in [2.45, 2.75) is 31.1 Å². The lowest BCUT2D eigenvalue weighted by atomic mass is 10.1. The molecule has 0 bridgehead atoms. The highest BCUT2D eigenvalue weighted by Gasteiger charge is 2.44. The van der Waals surface area contributed by atoms with Crippen LogP contribution in [0.15, 0.2) is 55.0 Å². The van der Waals surface area contributed by atoms with Gasteiger partial charge in [0.05, 0.1) is 41.7 Å². The molecule has 2 saturated heterocycles. The van der Waals surface area contributed by atoms with Crippen LogP contribution in [-0.2, 0) is 23.0 Å². The number of halogens is 3. The Labute approximate surface area is 261 Å². The van der Waals surface area contributed by atoms with E-state index < -0.39 is 66.6 Å². The summed E-state index contributed by atoms with van der Waals surface area (Å²) in [6, 6.07) is 10.6. The molecule has 3 aromatic heterocycles. The van der Waals surface area contributed by atoms with E-state index in [4.69, 9.17) is 14.6 Å². The molecule has 6 rings (SSSR count). The van der Waals surface area contributed by atoms with Gasteiger partial charge in [0.2, 0.25) is 15.9 Å². The highest BCUT2D eigenvalue weighted by Crippen LogP contribution is 2.34. The molecule has 0 unspecified atom stereocenters. The monoisotopic (exact) mass is 647 g/mol. The number of alkyl halides is 3. The van der Waals surface area contributed by atoms with Crippen LogP contribution in [-0.4, -0.2) is 100 Å². The van der Waals surface area contributed by atoms with Crippen molar-refractivity contribution < 1.29 is 35.2 Å². The molecule has 0 saturated carbocycles. The number of anilines is 1. The van der Waals surface area contributed by atoms with Crippen LogP contribution in [0.4, 0.5) is 19.0 Å². The smallest absolute Gasteiger partial charge is 0.272 e. The minimum absolute atomic E-state index is 0.0744. The number of carbonyl (C=O) groups excluding carboxylic acids is 1. The van der Waals surface area contributed by atoms with Crippen molar-refractivity contribution in [3.8, 4) is 17.1 Å². The Kier molecular flexibility index (Phi) is 7.16. The van der Waals surface area contributed by atoms with Crippen molar-refractivity contribution in [3.63, 3.8) is 0 Å². The number of aromatic nitrogens is 4. The van der Waals surface area contributed by atoms with Gasteiger partial charge in [-0.1, -0.05) is 30.3 Å². The molecule has 0 spiro atoms. The molecule has 2 aliphatic heterocycles. The average molecular weight is 648 g/mol. The van der Waals surface area contributed by atoms with E-state index in [9.17, 15) is 22.0 Å². The number of fused-ring (bicyclic) bond motifs is 1. The fraction of sp³-hybridized carbons (Fsp3) is 0.379. The molecule has 0 aliphatic carbocycles. The molecule has 1 amide bonds. The van der Waals surface area contributed by atoms with Gasteiger partial charge in [-0.2, -0.15) is 9.40 Å². The zero-order chi connectivity index (χ0) is 34.4. The van der Waals surface area contributed by atoms with Crippen LogP contribution >= 0.6 is 0 Å². The number of hydrogen-bond acceptors (Lipinski definition) is 9. The number of nitrogens with zero attached hydrogens (tertiary/aromatic N) is 6. The van der Waals surface area contributed by atoms with Gasteiger partial charge in [-0.3, -0.25) is 9.69 Å². The SMILES string of the molecule is [2H]C([2H])([2H])Oc1ncc(-c2cc(CN3CC(F)(F)C3)c3c(N)ncnn23)cc1C(=O)N[C@@H]1CN(S(=O)(=O)CCc2ccccc2)C[C@@H]1F. The van der Waals surface area contributed by atoms with Gasteiger partial charge < -0.3 is 15.8 Å². The Morgan fingerprint density at radius 2 is 1.98 bits per heavy atom. The number of amides is 1. The van der Waals surface area contributed by atoms with Crippen LogP contribution in [0.1, 0.15) is 25.6 Å². The number of pyridine rings is 1. The summed E-state index contributed by atoms with van der Waals surface area (Å²) in [5.41, 5.74) is 7.97. The van der Waals surface area contributed by atoms with Gasteiger partial charge in [0.15, 0.2) is 5.82 Å². The number of carbonyl (C=O) groups is 1. The van der Waals surface area contributed by atoms with E-state index in [0.29, 0.717) is 16.8 Å². The first-order chi connectivity index (χ1) is 22.6. The van der Waals surface area contributed by atoms with E-state index in [1.807, 2.05) is 6.07 Å². The Morgan fingerprint density at radius 3 is 2.71 bits per heavy atom. The summed E-state index contributed by atoms with van der Waals surface area (Å²) in [5, 5.41) is 6.70. The number of sulfonamides is 1. The van der Waals surface area contributed by atoms with Gasteiger partial charge in [0.1, 0.15) is 23.6 Å². The zero-order valence-corrected chi connectivity index (χ0v) is 24.6. The molecule has 16 heteroatoms. The third-order valence-corrected chi connectivity index (χ3v) is 9.68.